The summed E-state index contributed by atoms with van der Waals surface area (Å²) in [6.07, 6.45) is 1.88. The summed E-state index contributed by atoms with van der Waals surface area (Å²) in [7, 11) is 3.30. The van der Waals surface area contributed by atoms with Crippen LogP contribution in [0.2, 0.25) is 0 Å². The van der Waals surface area contributed by atoms with Crippen molar-refractivity contribution in [3.8, 4) is 23.0 Å². The second-order valence-corrected chi connectivity index (χ2v) is 4.76. The molecule has 4 nitrogen and oxygen atoms in total. The third kappa shape index (κ3) is 5.20. The third-order valence-electron chi connectivity index (χ3n) is 3.18. The zero-order chi connectivity index (χ0) is 15.6. The highest BCUT2D eigenvalue weighted by molar-refractivity contribution is 5.33. The Morgan fingerprint density at radius 3 is 1.82 bits per heavy atom. The molecule has 4 heteroatoms. The Morgan fingerprint density at radius 1 is 0.636 bits per heavy atom. The van der Waals surface area contributed by atoms with Gasteiger partial charge in [-0.1, -0.05) is 6.07 Å². The second kappa shape index (κ2) is 8.82. The van der Waals surface area contributed by atoms with Crippen LogP contribution in [0.1, 0.15) is 12.8 Å². The van der Waals surface area contributed by atoms with Gasteiger partial charge in [0.05, 0.1) is 27.4 Å². The van der Waals surface area contributed by atoms with Crippen molar-refractivity contribution in [3.05, 3.63) is 48.5 Å². The first kappa shape index (κ1) is 16.0. The maximum Gasteiger partial charge on any atom is 0.122 e. The molecule has 2 rings (SSSR count). The Balaban J connectivity index is 1.60. The van der Waals surface area contributed by atoms with Gasteiger partial charge in [0.2, 0.25) is 0 Å². The fourth-order valence-electron chi connectivity index (χ4n) is 1.95. The van der Waals surface area contributed by atoms with E-state index in [2.05, 4.69) is 0 Å². The Bertz CT molecular complexity index is 551. The van der Waals surface area contributed by atoms with Crippen molar-refractivity contribution in [2.45, 2.75) is 12.8 Å². The minimum atomic E-state index is 0.666. The van der Waals surface area contributed by atoms with Crippen LogP contribution in [0.5, 0.6) is 23.0 Å². The lowest BCUT2D eigenvalue weighted by Gasteiger charge is -2.09. The van der Waals surface area contributed by atoms with E-state index >= 15 is 0 Å². The average molecular weight is 302 g/mol. The van der Waals surface area contributed by atoms with Gasteiger partial charge < -0.3 is 18.9 Å². The first-order chi connectivity index (χ1) is 10.8. The molecule has 0 atom stereocenters. The smallest absolute Gasteiger partial charge is 0.122 e. The molecule has 0 aliphatic heterocycles. The molecule has 22 heavy (non-hydrogen) atoms. The monoisotopic (exact) mass is 302 g/mol. The summed E-state index contributed by atoms with van der Waals surface area (Å²) in [4.78, 5) is 0. The molecule has 2 aromatic carbocycles. The van der Waals surface area contributed by atoms with Gasteiger partial charge in [-0.05, 0) is 49.2 Å². The lowest BCUT2D eigenvalue weighted by atomic mass is 10.3. The Morgan fingerprint density at radius 2 is 1.18 bits per heavy atom. The molecule has 0 spiro atoms. The molecule has 0 amide bonds. The summed E-state index contributed by atoms with van der Waals surface area (Å²) < 4.78 is 21.6. The molecule has 0 radical (unpaired) electrons. The van der Waals surface area contributed by atoms with Gasteiger partial charge in [0.25, 0.3) is 0 Å². The maximum atomic E-state index is 5.68. The molecule has 0 aromatic heterocycles. The fraction of sp³-hybridized carbons (Fsp3) is 0.333. The van der Waals surface area contributed by atoms with Crippen LogP contribution in [0, 0.1) is 0 Å². The summed E-state index contributed by atoms with van der Waals surface area (Å²) in [6.45, 7) is 1.34. The molecule has 0 aliphatic carbocycles. The summed E-state index contributed by atoms with van der Waals surface area (Å²) in [5.74, 6) is 3.32. The molecule has 118 valence electrons. The maximum absolute atomic E-state index is 5.68. The standard InChI is InChI=1S/C18H22O4/c1-19-15-8-10-16(11-9-15)21-12-3-4-13-22-18-7-5-6-17(14-18)20-2/h5-11,14H,3-4,12-13H2,1-2H3. The van der Waals surface area contributed by atoms with Crippen LogP contribution in [0.25, 0.3) is 0 Å². The summed E-state index contributed by atoms with van der Waals surface area (Å²) in [6, 6.07) is 15.2. The van der Waals surface area contributed by atoms with Crippen LogP contribution < -0.4 is 18.9 Å². The van der Waals surface area contributed by atoms with E-state index in [-0.39, 0.29) is 0 Å². The van der Waals surface area contributed by atoms with Gasteiger partial charge in [0.15, 0.2) is 0 Å². The minimum Gasteiger partial charge on any atom is -0.497 e. The Kier molecular flexibility index (Phi) is 6.42. The normalized spacial score (nSPS) is 10.1. The molecule has 0 heterocycles. The minimum absolute atomic E-state index is 0.666. The van der Waals surface area contributed by atoms with Crippen molar-refractivity contribution in [3.63, 3.8) is 0 Å². The van der Waals surface area contributed by atoms with Gasteiger partial charge in [-0.15, -0.1) is 0 Å². The number of rotatable bonds is 9. The first-order valence-corrected chi connectivity index (χ1v) is 7.35. The predicted molar refractivity (Wildman–Crippen MR) is 86.2 cm³/mol. The van der Waals surface area contributed by atoms with Gasteiger partial charge in [0.1, 0.15) is 23.0 Å². The van der Waals surface area contributed by atoms with Gasteiger partial charge in [-0.2, -0.15) is 0 Å². The Labute approximate surface area is 131 Å². The number of hydrogen-bond donors (Lipinski definition) is 0. The van der Waals surface area contributed by atoms with Gasteiger partial charge >= 0.3 is 0 Å². The molecule has 0 N–H and O–H groups in total. The second-order valence-electron chi connectivity index (χ2n) is 4.76. The molecule has 0 aliphatic rings. The van der Waals surface area contributed by atoms with E-state index in [0.29, 0.717) is 13.2 Å². The van der Waals surface area contributed by atoms with Crippen molar-refractivity contribution in [1.29, 1.82) is 0 Å². The van der Waals surface area contributed by atoms with Gasteiger partial charge in [-0.25, -0.2) is 0 Å². The third-order valence-corrected chi connectivity index (χ3v) is 3.18. The van der Waals surface area contributed by atoms with Crippen molar-refractivity contribution >= 4 is 0 Å². The molecule has 0 saturated heterocycles. The lowest BCUT2D eigenvalue weighted by molar-refractivity contribution is 0.265. The molecular weight excluding hydrogens is 280 g/mol. The molecule has 0 saturated carbocycles. The molecule has 2 aromatic rings. The highest BCUT2D eigenvalue weighted by Gasteiger charge is 1.98. The number of unbranched alkanes of at least 4 members (excludes halogenated alkanes) is 1. The van der Waals surface area contributed by atoms with Crippen LogP contribution in [0.15, 0.2) is 48.5 Å². The van der Waals surface area contributed by atoms with Crippen molar-refractivity contribution < 1.29 is 18.9 Å². The number of ether oxygens (including phenoxy) is 4. The van der Waals surface area contributed by atoms with Crippen molar-refractivity contribution in [2.24, 2.45) is 0 Å². The van der Waals surface area contributed by atoms with Gasteiger partial charge in [0, 0.05) is 6.07 Å². The SMILES string of the molecule is COc1ccc(OCCCCOc2cccc(OC)c2)cc1. The number of benzene rings is 2. The molecular formula is C18H22O4. The van der Waals surface area contributed by atoms with E-state index < -0.39 is 0 Å². The highest BCUT2D eigenvalue weighted by Crippen LogP contribution is 2.19. The zero-order valence-electron chi connectivity index (χ0n) is 13.1. The van der Waals surface area contributed by atoms with Crippen LogP contribution >= 0.6 is 0 Å². The topological polar surface area (TPSA) is 36.9 Å². The highest BCUT2D eigenvalue weighted by atomic mass is 16.5. The van der Waals surface area contributed by atoms with E-state index in [1.807, 2.05) is 48.5 Å². The fourth-order valence-corrected chi connectivity index (χ4v) is 1.95. The average Bonchev–Trinajstić information content (AvgIpc) is 2.58. The molecule has 0 unspecified atom stereocenters. The van der Waals surface area contributed by atoms with E-state index in [9.17, 15) is 0 Å². The van der Waals surface area contributed by atoms with E-state index in [4.69, 9.17) is 18.9 Å². The predicted octanol–water partition coefficient (Wildman–Crippen LogP) is 3.94. The number of methoxy groups -OCH3 is 2. The van der Waals surface area contributed by atoms with E-state index in [1.54, 1.807) is 14.2 Å². The summed E-state index contributed by atoms with van der Waals surface area (Å²) in [5.41, 5.74) is 0. The molecule has 0 bridgehead atoms. The Hall–Kier alpha value is -2.36. The lowest BCUT2D eigenvalue weighted by Crippen LogP contribution is -2.02. The zero-order valence-corrected chi connectivity index (χ0v) is 13.1. The van der Waals surface area contributed by atoms with Crippen LogP contribution in [-0.2, 0) is 0 Å². The quantitative estimate of drug-likeness (QED) is 0.657. The van der Waals surface area contributed by atoms with E-state index in [1.165, 1.54) is 0 Å². The van der Waals surface area contributed by atoms with Crippen molar-refractivity contribution in [1.82, 2.24) is 0 Å². The van der Waals surface area contributed by atoms with Crippen LogP contribution in [0.4, 0.5) is 0 Å². The van der Waals surface area contributed by atoms with Crippen molar-refractivity contribution in [2.75, 3.05) is 27.4 Å². The first-order valence-electron chi connectivity index (χ1n) is 7.35. The van der Waals surface area contributed by atoms with Crippen LogP contribution in [0.3, 0.4) is 0 Å². The summed E-state index contributed by atoms with van der Waals surface area (Å²) >= 11 is 0. The number of hydrogen-bond acceptors (Lipinski definition) is 4. The molecule has 0 fully saturated rings. The summed E-state index contributed by atoms with van der Waals surface area (Å²) in [5, 5.41) is 0. The van der Waals surface area contributed by atoms with Crippen LogP contribution in [-0.4, -0.2) is 27.4 Å². The van der Waals surface area contributed by atoms with Gasteiger partial charge in [-0.3, -0.25) is 0 Å². The van der Waals surface area contributed by atoms with E-state index in [0.717, 1.165) is 35.8 Å². The largest absolute Gasteiger partial charge is 0.497 e.